The zero-order valence-corrected chi connectivity index (χ0v) is 11.0. The summed E-state index contributed by atoms with van der Waals surface area (Å²) in [5.74, 6) is 0. The van der Waals surface area contributed by atoms with Gasteiger partial charge in [-0.3, -0.25) is 0 Å². The first-order valence-corrected chi connectivity index (χ1v) is 6.51. The number of rotatable bonds is 6. The molecule has 3 heteroatoms. The molecule has 15 heavy (non-hydrogen) atoms. The molecule has 86 valence electrons. The Bertz CT molecular complexity index is 283. The van der Waals surface area contributed by atoms with Crippen molar-refractivity contribution in [2.45, 2.75) is 33.4 Å². The van der Waals surface area contributed by atoms with Crippen molar-refractivity contribution < 1.29 is 0 Å². The van der Waals surface area contributed by atoms with Crippen molar-refractivity contribution >= 4 is 11.3 Å². The van der Waals surface area contributed by atoms with E-state index in [4.69, 9.17) is 0 Å². The van der Waals surface area contributed by atoms with E-state index in [2.05, 4.69) is 48.8 Å². The molecule has 0 amide bonds. The number of hydrogen-bond donors (Lipinski definition) is 1. The third-order valence-electron chi connectivity index (χ3n) is 2.73. The number of hydrogen-bond acceptors (Lipinski definition) is 3. The van der Waals surface area contributed by atoms with Gasteiger partial charge in [-0.05, 0) is 49.3 Å². The van der Waals surface area contributed by atoms with Gasteiger partial charge in [0.15, 0.2) is 0 Å². The highest BCUT2D eigenvalue weighted by molar-refractivity contribution is 7.08. The van der Waals surface area contributed by atoms with Crippen LogP contribution in [0.2, 0.25) is 0 Å². The van der Waals surface area contributed by atoms with E-state index in [-0.39, 0.29) is 0 Å². The summed E-state index contributed by atoms with van der Waals surface area (Å²) in [4.78, 5) is 2.33. The summed E-state index contributed by atoms with van der Waals surface area (Å²) in [5, 5.41) is 8.00. The molecule has 0 spiro atoms. The lowest BCUT2D eigenvalue weighted by atomic mass is 10.2. The SMILES string of the molecule is CCN(C)CC(C)NCc1cscc1C. The molecule has 0 saturated heterocycles. The molecule has 0 aliphatic rings. The van der Waals surface area contributed by atoms with Gasteiger partial charge in [-0.2, -0.15) is 11.3 Å². The first-order valence-electron chi connectivity index (χ1n) is 5.57. The second-order valence-corrected chi connectivity index (χ2v) is 4.96. The number of nitrogens with one attached hydrogen (secondary N) is 1. The van der Waals surface area contributed by atoms with Crippen LogP contribution in [-0.2, 0) is 6.54 Å². The number of likely N-dealkylation sites (N-methyl/N-ethyl adjacent to an activating group) is 1. The molecule has 0 fully saturated rings. The fourth-order valence-corrected chi connectivity index (χ4v) is 2.37. The van der Waals surface area contributed by atoms with Crippen LogP contribution in [-0.4, -0.2) is 31.1 Å². The molecule has 0 saturated carbocycles. The molecule has 1 heterocycles. The fraction of sp³-hybridized carbons (Fsp3) is 0.667. The summed E-state index contributed by atoms with van der Waals surface area (Å²) >= 11 is 1.79. The summed E-state index contributed by atoms with van der Waals surface area (Å²) in [6.07, 6.45) is 0. The highest BCUT2D eigenvalue weighted by Crippen LogP contribution is 2.13. The van der Waals surface area contributed by atoms with Crippen LogP contribution < -0.4 is 5.32 Å². The van der Waals surface area contributed by atoms with E-state index in [1.165, 1.54) is 11.1 Å². The first kappa shape index (κ1) is 12.7. The lowest BCUT2D eigenvalue weighted by Gasteiger charge is -2.20. The maximum Gasteiger partial charge on any atom is 0.0219 e. The van der Waals surface area contributed by atoms with Crippen molar-refractivity contribution in [2.75, 3.05) is 20.1 Å². The predicted octanol–water partition coefficient (Wildman–Crippen LogP) is 2.49. The molecule has 0 bridgehead atoms. The van der Waals surface area contributed by atoms with Gasteiger partial charge in [0.2, 0.25) is 0 Å². The van der Waals surface area contributed by atoms with Crippen molar-refractivity contribution in [2.24, 2.45) is 0 Å². The number of aryl methyl sites for hydroxylation is 1. The topological polar surface area (TPSA) is 15.3 Å². The summed E-state index contributed by atoms with van der Waals surface area (Å²) < 4.78 is 0. The van der Waals surface area contributed by atoms with Gasteiger partial charge in [0.05, 0.1) is 0 Å². The van der Waals surface area contributed by atoms with Gasteiger partial charge in [-0.15, -0.1) is 0 Å². The molecule has 1 aromatic rings. The molecule has 0 aromatic carbocycles. The van der Waals surface area contributed by atoms with Crippen molar-refractivity contribution in [3.63, 3.8) is 0 Å². The summed E-state index contributed by atoms with van der Waals surface area (Å²) in [6, 6.07) is 0.550. The van der Waals surface area contributed by atoms with E-state index in [9.17, 15) is 0 Å². The molecule has 1 rings (SSSR count). The Labute approximate surface area is 97.3 Å². The lowest BCUT2D eigenvalue weighted by molar-refractivity contribution is 0.309. The predicted molar refractivity (Wildman–Crippen MR) is 68.5 cm³/mol. The molecule has 0 aliphatic carbocycles. The van der Waals surface area contributed by atoms with E-state index >= 15 is 0 Å². The minimum atomic E-state index is 0.550. The largest absolute Gasteiger partial charge is 0.309 e. The molecule has 2 nitrogen and oxygen atoms in total. The standard InChI is InChI=1S/C12H22N2S/c1-5-14(4)7-11(3)13-6-12-9-15-8-10(12)2/h8-9,11,13H,5-7H2,1-4H3. The van der Waals surface area contributed by atoms with Crippen LogP contribution in [0.5, 0.6) is 0 Å². The first-order chi connectivity index (χ1) is 7.13. The minimum absolute atomic E-state index is 0.550. The van der Waals surface area contributed by atoms with Gasteiger partial charge in [-0.1, -0.05) is 6.92 Å². The lowest BCUT2D eigenvalue weighted by Crippen LogP contribution is -2.36. The van der Waals surface area contributed by atoms with Crippen LogP contribution >= 0.6 is 11.3 Å². The number of thiophene rings is 1. The molecule has 0 radical (unpaired) electrons. The van der Waals surface area contributed by atoms with Crippen LogP contribution in [0.15, 0.2) is 10.8 Å². The number of nitrogens with zero attached hydrogens (tertiary/aromatic N) is 1. The molecule has 1 aromatic heterocycles. The molecule has 1 atom stereocenters. The van der Waals surface area contributed by atoms with Gasteiger partial charge < -0.3 is 10.2 Å². The Balaban J connectivity index is 2.28. The molecular weight excluding hydrogens is 204 g/mol. The third kappa shape index (κ3) is 4.33. The Hall–Kier alpha value is -0.380. The van der Waals surface area contributed by atoms with Gasteiger partial charge in [0.25, 0.3) is 0 Å². The maximum atomic E-state index is 3.56. The molecule has 1 N–H and O–H groups in total. The summed E-state index contributed by atoms with van der Waals surface area (Å²) in [7, 11) is 2.16. The van der Waals surface area contributed by atoms with E-state index in [1.807, 2.05) is 0 Å². The average Bonchev–Trinajstić information content (AvgIpc) is 2.61. The monoisotopic (exact) mass is 226 g/mol. The van der Waals surface area contributed by atoms with Crippen LogP contribution in [0.1, 0.15) is 25.0 Å². The second-order valence-electron chi connectivity index (χ2n) is 4.22. The van der Waals surface area contributed by atoms with E-state index in [1.54, 1.807) is 11.3 Å². The van der Waals surface area contributed by atoms with E-state index < -0.39 is 0 Å². The van der Waals surface area contributed by atoms with Crippen molar-refractivity contribution in [3.05, 3.63) is 21.9 Å². The summed E-state index contributed by atoms with van der Waals surface area (Å²) in [5.41, 5.74) is 2.84. The molecule has 1 unspecified atom stereocenters. The van der Waals surface area contributed by atoms with Gasteiger partial charge in [0, 0.05) is 19.1 Å². The molecule has 0 aliphatic heterocycles. The molecular formula is C12H22N2S. The Kier molecular flexibility index (Phi) is 5.29. The minimum Gasteiger partial charge on any atom is -0.309 e. The highest BCUT2D eigenvalue weighted by atomic mass is 32.1. The average molecular weight is 226 g/mol. The Morgan fingerprint density at radius 2 is 2.20 bits per heavy atom. The summed E-state index contributed by atoms with van der Waals surface area (Å²) in [6.45, 7) is 9.83. The third-order valence-corrected chi connectivity index (χ3v) is 3.64. The Morgan fingerprint density at radius 3 is 2.73 bits per heavy atom. The highest BCUT2D eigenvalue weighted by Gasteiger charge is 2.05. The van der Waals surface area contributed by atoms with Crippen molar-refractivity contribution in [3.8, 4) is 0 Å². The van der Waals surface area contributed by atoms with Crippen molar-refractivity contribution in [1.29, 1.82) is 0 Å². The van der Waals surface area contributed by atoms with Gasteiger partial charge in [-0.25, -0.2) is 0 Å². The zero-order valence-electron chi connectivity index (χ0n) is 10.2. The maximum absolute atomic E-state index is 3.56. The van der Waals surface area contributed by atoms with E-state index in [0.29, 0.717) is 6.04 Å². The van der Waals surface area contributed by atoms with Gasteiger partial charge >= 0.3 is 0 Å². The fourth-order valence-electron chi connectivity index (χ4n) is 1.51. The second kappa shape index (κ2) is 6.26. The van der Waals surface area contributed by atoms with Gasteiger partial charge in [0.1, 0.15) is 0 Å². The van der Waals surface area contributed by atoms with Crippen LogP contribution in [0.25, 0.3) is 0 Å². The zero-order chi connectivity index (χ0) is 11.3. The quantitative estimate of drug-likeness (QED) is 0.802. The van der Waals surface area contributed by atoms with Crippen LogP contribution in [0.3, 0.4) is 0 Å². The van der Waals surface area contributed by atoms with Crippen molar-refractivity contribution in [1.82, 2.24) is 10.2 Å². The van der Waals surface area contributed by atoms with E-state index in [0.717, 1.165) is 19.6 Å². The Morgan fingerprint density at radius 1 is 1.47 bits per heavy atom. The smallest absolute Gasteiger partial charge is 0.0219 e. The normalized spacial score (nSPS) is 13.4. The van der Waals surface area contributed by atoms with Crippen LogP contribution in [0.4, 0.5) is 0 Å². The van der Waals surface area contributed by atoms with Crippen LogP contribution in [0, 0.1) is 6.92 Å².